The Morgan fingerprint density at radius 1 is 0.840 bits per heavy atom. The van der Waals surface area contributed by atoms with Crippen LogP contribution in [0, 0.1) is 11.3 Å². The van der Waals surface area contributed by atoms with Crippen molar-refractivity contribution in [3.63, 3.8) is 0 Å². The summed E-state index contributed by atoms with van der Waals surface area (Å²) in [6.07, 6.45) is 0. The smallest absolute Gasteiger partial charge is 0.0992 e. The maximum atomic E-state index is 9.01. The predicted molar refractivity (Wildman–Crippen MR) is 103 cm³/mol. The fourth-order valence-electron chi connectivity index (χ4n) is 2.82. The SMILES string of the molecule is N#Cc1ccc2cc(-c3ccc(Nc4ccc(N)cc4)cc3)[nH]c2c1. The molecule has 0 saturated heterocycles. The molecule has 0 atom stereocenters. The lowest BCUT2D eigenvalue weighted by molar-refractivity contribution is 1.44. The quantitative estimate of drug-likeness (QED) is 0.462. The Balaban J connectivity index is 1.59. The standard InChI is InChI=1S/C21H16N4/c22-13-14-1-2-16-12-21(25-20(16)11-14)15-3-7-18(8-4-15)24-19-9-5-17(23)6-10-19/h1-12,24-25H,23H2. The van der Waals surface area contributed by atoms with Crippen LogP contribution in [0.1, 0.15) is 5.56 Å². The molecule has 0 unspecified atom stereocenters. The minimum Gasteiger partial charge on any atom is -0.399 e. The molecule has 0 spiro atoms. The van der Waals surface area contributed by atoms with Crippen LogP contribution in [0.4, 0.5) is 17.1 Å². The number of hydrogen-bond acceptors (Lipinski definition) is 3. The number of fused-ring (bicyclic) bond motifs is 1. The first kappa shape index (κ1) is 14.9. The first-order chi connectivity index (χ1) is 12.2. The number of anilines is 3. The predicted octanol–water partition coefficient (Wildman–Crippen LogP) is 5.03. The van der Waals surface area contributed by atoms with E-state index in [2.05, 4.69) is 34.6 Å². The molecule has 0 aliphatic carbocycles. The Labute approximate surface area is 145 Å². The molecule has 0 aliphatic rings. The number of nitrogens with two attached hydrogens (primary N) is 1. The fraction of sp³-hybridized carbons (Fsp3) is 0. The van der Waals surface area contributed by atoms with Crippen LogP contribution in [0.2, 0.25) is 0 Å². The van der Waals surface area contributed by atoms with Gasteiger partial charge in [0, 0.05) is 33.7 Å². The minimum absolute atomic E-state index is 0.656. The number of nitrogens with one attached hydrogen (secondary N) is 2. The molecule has 1 aromatic heterocycles. The molecule has 4 heteroatoms. The summed E-state index contributed by atoms with van der Waals surface area (Å²) in [5.41, 5.74) is 12.2. The fourth-order valence-corrected chi connectivity index (χ4v) is 2.82. The molecule has 4 nitrogen and oxygen atoms in total. The first-order valence-corrected chi connectivity index (χ1v) is 7.97. The molecular formula is C21H16N4. The van der Waals surface area contributed by atoms with Gasteiger partial charge in [-0.25, -0.2) is 0 Å². The number of aromatic amines is 1. The van der Waals surface area contributed by atoms with Crippen molar-refractivity contribution in [2.45, 2.75) is 0 Å². The van der Waals surface area contributed by atoms with Crippen molar-refractivity contribution >= 4 is 28.0 Å². The van der Waals surface area contributed by atoms with E-state index in [0.717, 1.165) is 39.2 Å². The third kappa shape index (κ3) is 3.04. The second-order valence-corrected chi connectivity index (χ2v) is 5.92. The van der Waals surface area contributed by atoms with Crippen molar-refractivity contribution in [1.29, 1.82) is 5.26 Å². The molecule has 0 bridgehead atoms. The van der Waals surface area contributed by atoms with Gasteiger partial charge in [-0.1, -0.05) is 18.2 Å². The van der Waals surface area contributed by atoms with Crippen molar-refractivity contribution in [2.24, 2.45) is 0 Å². The summed E-state index contributed by atoms with van der Waals surface area (Å²) in [6, 6.07) is 25.8. The molecule has 0 amide bonds. The van der Waals surface area contributed by atoms with Gasteiger partial charge in [0.25, 0.3) is 0 Å². The molecule has 0 radical (unpaired) electrons. The zero-order valence-electron chi connectivity index (χ0n) is 13.5. The van der Waals surface area contributed by atoms with E-state index in [1.54, 1.807) is 0 Å². The lowest BCUT2D eigenvalue weighted by Gasteiger charge is -2.07. The first-order valence-electron chi connectivity index (χ1n) is 7.97. The van der Waals surface area contributed by atoms with E-state index in [9.17, 15) is 0 Å². The highest BCUT2D eigenvalue weighted by molar-refractivity contribution is 5.87. The van der Waals surface area contributed by atoms with Gasteiger partial charge in [-0.3, -0.25) is 0 Å². The summed E-state index contributed by atoms with van der Waals surface area (Å²) >= 11 is 0. The van der Waals surface area contributed by atoms with Crippen LogP contribution in [0.15, 0.2) is 72.8 Å². The number of aromatic nitrogens is 1. The summed E-state index contributed by atoms with van der Waals surface area (Å²) < 4.78 is 0. The van der Waals surface area contributed by atoms with Crippen molar-refractivity contribution < 1.29 is 0 Å². The van der Waals surface area contributed by atoms with Crippen LogP contribution in [-0.4, -0.2) is 4.98 Å². The molecular weight excluding hydrogens is 308 g/mol. The van der Waals surface area contributed by atoms with Crippen LogP contribution in [0.25, 0.3) is 22.2 Å². The van der Waals surface area contributed by atoms with Crippen molar-refractivity contribution in [3.05, 3.63) is 78.4 Å². The highest BCUT2D eigenvalue weighted by Gasteiger charge is 2.05. The second kappa shape index (κ2) is 6.06. The van der Waals surface area contributed by atoms with E-state index < -0.39 is 0 Å². The van der Waals surface area contributed by atoms with Crippen LogP contribution >= 0.6 is 0 Å². The zero-order valence-corrected chi connectivity index (χ0v) is 13.5. The molecule has 3 aromatic carbocycles. The normalized spacial score (nSPS) is 10.5. The van der Waals surface area contributed by atoms with Gasteiger partial charge >= 0.3 is 0 Å². The van der Waals surface area contributed by atoms with Gasteiger partial charge < -0.3 is 16.0 Å². The minimum atomic E-state index is 0.656. The second-order valence-electron chi connectivity index (χ2n) is 5.92. The zero-order chi connectivity index (χ0) is 17.2. The number of nitriles is 1. The van der Waals surface area contributed by atoms with Crippen molar-refractivity contribution in [1.82, 2.24) is 4.98 Å². The van der Waals surface area contributed by atoms with Gasteiger partial charge in [-0.2, -0.15) is 5.26 Å². The van der Waals surface area contributed by atoms with E-state index >= 15 is 0 Å². The number of nitrogen functional groups attached to an aromatic ring is 1. The number of benzene rings is 3. The highest BCUT2D eigenvalue weighted by atomic mass is 14.9. The van der Waals surface area contributed by atoms with Gasteiger partial charge in [-0.05, 0) is 60.2 Å². The number of H-pyrrole nitrogens is 1. The van der Waals surface area contributed by atoms with Crippen molar-refractivity contribution in [3.8, 4) is 17.3 Å². The van der Waals surface area contributed by atoms with Gasteiger partial charge in [-0.15, -0.1) is 0 Å². The van der Waals surface area contributed by atoms with Gasteiger partial charge in [0.15, 0.2) is 0 Å². The average Bonchev–Trinajstić information content (AvgIpc) is 3.07. The van der Waals surface area contributed by atoms with E-state index in [1.165, 1.54) is 0 Å². The number of nitrogens with zero attached hydrogens (tertiary/aromatic N) is 1. The lowest BCUT2D eigenvalue weighted by Crippen LogP contribution is -1.91. The van der Waals surface area contributed by atoms with E-state index in [0.29, 0.717) is 5.56 Å². The summed E-state index contributed by atoms with van der Waals surface area (Å²) in [5.74, 6) is 0. The maximum Gasteiger partial charge on any atom is 0.0992 e. The lowest BCUT2D eigenvalue weighted by atomic mass is 10.1. The Kier molecular flexibility index (Phi) is 3.60. The molecule has 0 fully saturated rings. The van der Waals surface area contributed by atoms with Crippen LogP contribution in [0.5, 0.6) is 0 Å². The summed E-state index contributed by atoms with van der Waals surface area (Å²) in [7, 11) is 0. The van der Waals surface area contributed by atoms with E-state index in [-0.39, 0.29) is 0 Å². The van der Waals surface area contributed by atoms with Crippen molar-refractivity contribution in [2.75, 3.05) is 11.1 Å². The Morgan fingerprint density at radius 2 is 1.52 bits per heavy atom. The molecule has 1 heterocycles. The third-order valence-corrected chi connectivity index (χ3v) is 4.15. The van der Waals surface area contributed by atoms with Gasteiger partial charge in [0.2, 0.25) is 0 Å². The summed E-state index contributed by atoms with van der Waals surface area (Å²) in [5, 5.41) is 13.5. The van der Waals surface area contributed by atoms with E-state index in [4.69, 9.17) is 11.0 Å². The average molecular weight is 324 g/mol. The molecule has 4 aromatic rings. The molecule has 25 heavy (non-hydrogen) atoms. The molecule has 4 N–H and O–H groups in total. The summed E-state index contributed by atoms with van der Waals surface area (Å²) in [6.45, 7) is 0. The Morgan fingerprint density at radius 3 is 2.20 bits per heavy atom. The molecule has 0 aliphatic heterocycles. The topological polar surface area (TPSA) is 77.6 Å². The van der Waals surface area contributed by atoms with Gasteiger partial charge in [0.05, 0.1) is 11.6 Å². The van der Waals surface area contributed by atoms with Crippen LogP contribution in [-0.2, 0) is 0 Å². The van der Waals surface area contributed by atoms with Gasteiger partial charge in [0.1, 0.15) is 0 Å². The third-order valence-electron chi connectivity index (χ3n) is 4.15. The van der Waals surface area contributed by atoms with Crippen LogP contribution in [0.3, 0.4) is 0 Å². The molecule has 120 valence electrons. The monoisotopic (exact) mass is 324 g/mol. The summed E-state index contributed by atoms with van der Waals surface area (Å²) in [4.78, 5) is 3.38. The largest absolute Gasteiger partial charge is 0.399 e. The van der Waals surface area contributed by atoms with E-state index in [1.807, 2.05) is 54.6 Å². The van der Waals surface area contributed by atoms with Crippen LogP contribution < -0.4 is 11.1 Å². The number of hydrogen-bond donors (Lipinski definition) is 3. The molecule has 0 saturated carbocycles. The maximum absolute atomic E-state index is 9.01. The number of rotatable bonds is 3. The highest BCUT2D eigenvalue weighted by Crippen LogP contribution is 2.27. The molecule has 4 rings (SSSR count). The Hall–Kier alpha value is -3.71. The Bertz CT molecular complexity index is 1070.